The Hall–Kier alpha value is -1.35. The van der Waals surface area contributed by atoms with Crippen LogP contribution in [0.2, 0.25) is 5.02 Å². The number of benzene rings is 1. The monoisotopic (exact) mass is 210 g/mol. The Kier molecular flexibility index (Phi) is 2.25. The molecule has 1 aromatic carbocycles. The number of H-pyrrole nitrogens is 1. The van der Waals surface area contributed by atoms with Gasteiger partial charge >= 0.3 is 0 Å². The number of rotatable bonds is 1. The van der Waals surface area contributed by atoms with Gasteiger partial charge in [0.15, 0.2) is 0 Å². The smallest absolute Gasteiger partial charge is 0.142 e. The molecule has 2 rings (SSSR count). The van der Waals surface area contributed by atoms with E-state index in [0.717, 1.165) is 5.69 Å². The van der Waals surface area contributed by atoms with Gasteiger partial charge in [0.1, 0.15) is 11.6 Å². The molecular weight excluding hydrogens is 203 g/mol. The molecule has 0 aliphatic heterocycles. The number of halogens is 2. The molecule has 0 amide bonds. The fourth-order valence-corrected chi connectivity index (χ4v) is 1.45. The normalized spacial score (nSPS) is 10.5. The number of imidazole rings is 1. The molecule has 1 heterocycles. The van der Waals surface area contributed by atoms with E-state index in [-0.39, 0.29) is 5.02 Å². The summed E-state index contributed by atoms with van der Waals surface area (Å²) in [5.74, 6) is 0.158. The van der Waals surface area contributed by atoms with Crippen LogP contribution in [0.5, 0.6) is 0 Å². The predicted octanol–water partition coefficient (Wildman–Crippen LogP) is 3.18. The minimum Gasteiger partial charge on any atom is -0.342 e. The van der Waals surface area contributed by atoms with E-state index in [2.05, 4.69) is 9.97 Å². The fraction of sp³-hybridized carbons (Fsp3) is 0.100. The molecule has 1 aromatic heterocycles. The Labute approximate surface area is 85.8 Å². The third kappa shape index (κ3) is 1.51. The van der Waals surface area contributed by atoms with Crippen LogP contribution in [-0.2, 0) is 0 Å². The molecule has 1 N–H and O–H groups in total. The highest BCUT2D eigenvalue weighted by molar-refractivity contribution is 6.33. The summed E-state index contributed by atoms with van der Waals surface area (Å²) in [6.07, 6.45) is 1.68. The van der Waals surface area contributed by atoms with Gasteiger partial charge in [0.2, 0.25) is 0 Å². The number of aromatic nitrogens is 2. The molecule has 0 unspecified atom stereocenters. The summed E-state index contributed by atoms with van der Waals surface area (Å²) >= 11 is 5.80. The Morgan fingerprint density at radius 3 is 2.86 bits per heavy atom. The maximum absolute atomic E-state index is 13.1. The topological polar surface area (TPSA) is 28.7 Å². The van der Waals surface area contributed by atoms with Gasteiger partial charge in [-0.25, -0.2) is 9.37 Å². The summed E-state index contributed by atoms with van der Waals surface area (Å²) in [6.45, 7) is 1.88. The van der Waals surface area contributed by atoms with E-state index < -0.39 is 5.82 Å². The average Bonchev–Trinajstić information content (AvgIpc) is 2.57. The molecule has 0 saturated heterocycles. The molecule has 0 atom stereocenters. The number of hydrogen-bond acceptors (Lipinski definition) is 1. The third-order valence-corrected chi connectivity index (χ3v) is 2.29. The lowest BCUT2D eigenvalue weighted by Gasteiger charge is -2.00. The first kappa shape index (κ1) is 9.21. The summed E-state index contributed by atoms with van der Waals surface area (Å²) in [5.41, 5.74) is 1.50. The van der Waals surface area contributed by atoms with Crippen molar-refractivity contribution in [2.24, 2.45) is 0 Å². The molecule has 4 heteroatoms. The van der Waals surface area contributed by atoms with Crippen molar-refractivity contribution in [2.45, 2.75) is 6.92 Å². The molecule has 0 bridgehead atoms. The van der Waals surface area contributed by atoms with Gasteiger partial charge in [-0.1, -0.05) is 17.7 Å². The minimum atomic E-state index is -0.432. The lowest BCUT2D eigenvalue weighted by Crippen LogP contribution is -1.85. The van der Waals surface area contributed by atoms with Crippen molar-refractivity contribution in [3.63, 3.8) is 0 Å². The average molecular weight is 211 g/mol. The quantitative estimate of drug-likeness (QED) is 0.770. The second-order valence-corrected chi connectivity index (χ2v) is 3.39. The van der Waals surface area contributed by atoms with E-state index in [1.807, 2.05) is 6.92 Å². The maximum atomic E-state index is 13.1. The van der Waals surface area contributed by atoms with E-state index in [9.17, 15) is 4.39 Å². The molecule has 0 aliphatic rings. The van der Waals surface area contributed by atoms with Gasteiger partial charge in [0.05, 0.1) is 5.02 Å². The van der Waals surface area contributed by atoms with Crippen LogP contribution in [0.15, 0.2) is 24.4 Å². The van der Waals surface area contributed by atoms with Gasteiger partial charge in [-0.2, -0.15) is 0 Å². The minimum absolute atomic E-state index is 0.0989. The first-order chi connectivity index (χ1) is 6.68. The molecule has 14 heavy (non-hydrogen) atoms. The van der Waals surface area contributed by atoms with E-state index in [0.29, 0.717) is 11.4 Å². The van der Waals surface area contributed by atoms with Crippen molar-refractivity contribution >= 4 is 11.6 Å². The molecular formula is C10H8ClFN2. The molecule has 2 aromatic rings. The molecule has 2 nitrogen and oxygen atoms in total. The highest BCUT2D eigenvalue weighted by atomic mass is 35.5. The van der Waals surface area contributed by atoms with E-state index in [1.165, 1.54) is 6.07 Å². The highest BCUT2D eigenvalue weighted by Crippen LogP contribution is 2.27. The fourth-order valence-electron chi connectivity index (χ4n) is 1.24. The number of nitrogens with zero attached hydrogens (tertiary/aromatic N) is 1. The second kappa shape index (κ2) is 3.42. The van der Waals surface area contributed by atoms with Gasteiger partial charge in [-0.3, -0.25) is 0 Å². The zero-order valence-corrected chi connectivity index (χ0v) is 8.27. The van der Waals surface area contributed by atoms with Crippen LogP contribution >= 0.6 is 11.6 Å². The van der Waals surface area contributed by atoms with Crippen LogP contribution in [0, 0.1) is 12.7 Å². The Bertz CT molecular complexity index is 465. The van der Waals surface area contributed by atoms with Crippen molar-refractivity contribution in [3.8, 4) is 11.4 Å². The first-order valence-electron chi connectivity index (χ1n) is 4.14. The van der Waals surface area contributed by atoms with Crippen molar-refractivity contribution in [3.05, 3.63) is 40.9 Å². The molecule has 0 radical (unpaired) electrons. The first-order valence-corrected chi connectivity index (χ1v) is 4.52. The number of nitrogens with one attached hydrogen (secondary N) is 1. The molecule has 0 fully saturated rings. The number of aryl methyl sites for hydroxylation is 1. The summed E-state index contributed by atoms with van der Waals surface area (Å²) in [4.78, 5) is 7.08. The van der Waals surface area contributed by atoms with Crippen molar-refractivity contribution in [1.82, 2.24) is 9.97 Å². The van der Waals surface area contributed by atoms with Crippen LogP contribution in [0.4, 0.5) is 4.39 Å². The van der Waals surface area contributed by atoms with Crippen molar-refractivity contribution in [1.29, 1.82) is 0 Å². The lowest BCUT2D eigenvalue weighted by atomic mass is 10.2. The summed E-state index contributed by atoms with van der Waals surface area (Å²) in [5, 5.41) is 0.0989. The van der Waals surface area contributed by atoms with Crippen LogP contribution < -0.4 is 0 Å². The number of hydrogen-bond donors (Lipinski definition) is 1. The Morgan fingerprint density at radius 2 is 2.21 bits per heavy atom. The lowest BCUT2D eigenvalue weighted by molar-refractivity contribution is 0.628. The Balaban J connectivity index is 2.57. The van der Waals surface area contributed by atoms with Crippen LogP contribution in [0.1, 0.15) is 5.69 Å². The van der Waals surface area contributed by atoms with E-state index in [1.54, 1.807) is 18.3 Å². The van der Waals surface area contributed by atoms with Gasteiger partial charge < -0.3 is 4.98 Å². The van der Waals surface area contributed by atoms with Crippen LogP contribution in [0.25, 0.3) is 11.4 Å². The van der Waals surface area contributed by atoms with Crippen LogP contribution in [0.3, 0.4) is 0 Å². The van der Waals surface area contributed by atoms with E-state index >= 15 is 0 Å². The molecule has 72 valence electrons. The molecule has 0 spiro atoms. The van der Waals surface area contributed by atoms with Gasteiger partial charge in [0, 0.05) is 17.5 Å². The van der Waals surface area contributed by atoms with E-state index in [4.69, 9.17) is 11.6 Å². The standard InChI is InChI=1S/C10H8ClFN2/c1-6-5-13-10(14-6)7-3-2-4-8(12)9(7)11/h2-5H,1H3,(H,13,14). The van der Waals surface area contributed by atoms with Gasteiger partial charge in [0.25, 0.3) is 0 Å². The predicted molar refractivity (Wildman–Crippen MR) is 53.7 cm³/mol. The summed E-state index contributed by atoms with van der Waals surface area (Å²) < 4.78 is 13.1. The zero-order valence-electron chi connectivity index (χ0n) is 7.51. The van der Waals surface area contributed by atoms with Gasteiger partial charge in [-0.05, 0) is 19.1 Å². The molecule has 0 aliphatic carbocycles. The second-order valence-electron chi connectivity index (χ2n) is 3.02. The molecule has 0 saturated carbocycles. The summed E-state index contributed by atoms with van der Waals surface area (Å²) in [7, 11) is 0. The SMILES string of the molecule is Cc1cnc(-c2cccc(F)c2Cl)[nH]1. The highest BCUT2D eigenvalue weighted by Gasteiger charge is 2.09. The summed E-state index contributed by atoms with van der Waals surface area (Å²) in [6, 6.07) is 4.65. The maximum Gasteiger partial charge on any atom is 0.142 e. The number of aromatic amines is 1. The Morgan fingerprint density at radius 1 is 1.43 bits per heavy atom. The van der Waals surface area contributed by atoms with Crippen molar-refractivity contribution < 1.29 is 4.39 Å². The largest absolute Gasteiger partial charge is 0.342 e. The van der Waals surface area contributed by atoms with Crippen molar-refractivity contribution in [2.75, 3.05) is 0 Å². The third-order valence-electron chi connectivity index (χ3n) is 1.91. The van der Waals surface area contributed by atoms with Crippen LogP contribution in [-0.4, -0.2) is 9.97 Å². The zero-order chi connectivity index (χ0) is 10.1. The van der Waals surface area contributed by atoms with Gasteiger partial charge in [-0.15, -0.1) is 0 Å².